The van der Waals surface area contributed by atoms with Gasteiger partial charge in [-0.3, -0.25) is 4.79 Å². The quantitative estimate of drug-likeness (QED) is 0.708. The summed E-state index contributed by atoms with van der Waals surface area (Å²) < 4.78 is 0. The molecule has 3 aromatic rings. The van der Waals surface area contributed by atoms with Gasteiger partial charge in [-0.2, -0.15) is 0 Å². The van der Waals surface area contributed by atoms with Gasteiger partial charge in [0.25, 0.3) is 0 Å². The van der Waals surface area contributed by atoms with E-state index < -0.39 is 0 Å². The number of benzene rings is 1. The first kappa shape index (κ1) is 11.7. The van der Waals surface area contributed by atoms with Crippen LogP contribution < -0.4 is 0 Å². The lowest BCUT2D eigenvalue weighted by molar-refractivity contribution is 0.104. The van der Waals surface area contributed by atoms with Crippen molar-refractivity contribution in [3.8, 4) is 0 Å². The molecule has 0 saturated heterocycles. The minimum Gasteiger partial charge on any atom is -0.345 e. The molecule has 0 aliphatic carbocycles. The van der Waals surface area contributed by atoms with Crippen molar-refractivity contribution in [2.45, 2.75) is 13.8 Å². The standard InChI is InChI=1S/C16H14N2O/c1-10-6-11(2)8-12(7-10)15(19)14-9-18-16-13(14)4-3-5-17-16/h3-9H,1-2H3,(H,17,18). The highest BCUT2D eigenvalue weighted by Gasteiger charge is 2.14. The lowest BCUT2D eigenvalue weighted by Gasteiger charge is -2.03. The van der Waals surface area contributed by atoms with Gasteiger partial charge in [-0.1, -0.05) is 17.2 Å². The van der Waals surface area contributed by atoms with Crippen LogP contribution in [-0.4, -0.2) is 15.8 Å². The van der Waals surface area contributed by atoms with E-state index in [0.29, 0.717) is 5.56 Å². The fourth-order valence-corrected chi connectivity index (χ4v) is 2.41. The van der Waals surface area contributed by atoms with Crippen molar-refractivity contribution in [1.29, 1.82) is 0 Å². The van der Waals surface area contributed by atoms with Crippen LogP contribution in [-0.2, 0) is 0 Å². The third-order valence-corrected chi connectivity index (χ3v) is 3.18. The molecule has 0 radical (unpaired) electrons. The van der Waals surface area contributed by atoms with Crippen LogP contribution in [0.25, 0.3) is 11.0 Å². The highest BCUT2D eigenvalue weighted by Crippen LogP contribution is 2.20. The number of aromatic nitrogens is 2. The predicted molar refractivity (Wildman–Crippen MR) is 75.4 cm³/mol. The maximum Gasteiger partial charge on any atom is 0.195 e. The summed E-state index contributed by atoms with van der Waals surface area (Å²) in [5.41, 5.74) is 4.34. The van der Waals surface area contributed by atoms with Crippen molar-refractivity contribution in [1.82, 2.24) is 9.97 Å². The molecule has 0 unspecified atom stereocenters. The molecule has 0 aliphatic heterocycles. The largest absolute Gasteiger partial charge is 0.345 e. The summed E-state index contributed by atoms with van der Waals surface area (Å²) in [5, 5.41) is 0.867. The molecule has 0 aliphatic rings. The van der Waals surface area contributed by atoms with E-state index >= 15 is 0 Å². The predicted octanol–water partition coefficient (Wildman–Crippen LogP) is 3.41. The van der Waals surface area contributed by atoms with Crippen LogP contribution in [0.5, 0.6) is 0 Å². The van der Waals surface area contributed by atoms with E-state index in [2.05, 4.69) is 16.0 Å². The van der Waals surface area contributed by atoms with Gasteiger partial charge in [0.1, 0.15) is 5.65 Å². The summed E-state index contributed by atoms with van der Waals surface area (Å²) in [6, 6.07) is 9.66. The first-order valence-corrected chi connectivity index (χ1v) is 6.20. The van der Waals surface area contributed by atoms with Gasteiger partial charge in [0.2, 0.25) is 0 Å². The number of fused-ring (bicyclic) bond motifs is 1. The fraction of sp³-hybridized carbons (Fsp3) is 0.125. The molecule has 0 spiro atoms. The van der Waals surface area contributed by atoms with E-state index in [0.717, 1.165) is 27.7 Å². The van der Waals surface area contributed by atoms with Gasteiger partial charge in [-0.05, 0) is 38.1 Å². The van der Waals surface area contributed by atoms with E-state index in [9.17, 15) is 4.79 Å². The zero-order chi connectivity index (χ0) is 13.4. The van der Waals surface area contributed by atoms with Crippen LogP contribution in [0.15, 0.2) is 42.7 Å². The highest BCUT2D eigenvalue weighted by atomic mass is 16.1. The Hall–Kier alpha value is -2.42. The second kappa shape index (κ2) is 4.35. The van der Waals surface area contributed by atoms with E-state index in [1.165, 1.54) is 0 Å². The summed E-state index contributed by atoms with van der Waals surface area (Å²) in [4.78, 5) is 19.8. The lowest BCUT2D eigenvalue weighted by atomic mass is 9.99. The van der Waals surface area contributed by atoms with E-state index in [1.807, 2.05) is 38.1 Å². The molecule has 0 atom stereocenters. The Balaban J connectivity index is 2.13. The summed E-state index contributed by atoms with van der Waals surface area (Å²) in [6.45, 7) is 4.00. The molecular formula is C16H14N2O. The number of nitrogens with zero attached hydrogens (tertiary/aromatic N) is 1. The Labute approximate surface area is 111 Å². The molecule has 0 fully saturated rings. The second-order valence-electron chi connectivity index (χ2n) is 4.81. The molecule has 3 heteroatoms. The zero-order valence-corrected chi connectivity index (χ0v) is 10.9. The van der Waals surface area contributed by atoms with Crippen molar-refractivity contribution >= 4 is 16.8 Å². The number of aryl methyl sites for hydroxylation is 2. The highest BCUT2D eigenvalue weighted by molar-refractivity contribution is 6.16. The Bertz CT molecular complexity index is 751. The van der Waals surface area contributed by atoms with Crippen LogP contribution >= 0.6 is 0 Å². The molecule has 19 heavy (non-hydrogen) atoms. The average molecular weight is 250 g/mol. The molecule has 0 bridgehead atoms. The van der Waals surface area contributed by atoms with Crippen molar-refractivity contribution < 1.29 is 4.79 Å². The van der Waals surface area contributed by atoms with Gasteiger partial charge in [-0.25, -0.2) is 4.98 Å². The summed E-state index contributed by atoms with van der Waals surface area (Å²) >= 11 is 0. The van der Waals surface area contributed by atoms with E-state index in [4.69, 9.17) is 0 Å². The number of H-pyrrole nitrogens is 1. The Kier molecular flexibility index (Phi) is 2.67. The van der Waals surface area contributed by atoms with E-state index in [1.54, 1.807) is 12.4 Å². The molecule has 2 aromatic heterocycles. The molecular weight excluding hydrogens is 236 g/mol. The van der Waals surface area contributed by atoms with Crippen molar-refractivity contribution in [3.63, 3.8) is 0 Å². The molecule has 0 amide bonds. The third kappa shape index (κ3) is 2.03. The summed E-state index contributed by atoms with van der Waals surface area (Å²) in [7, 11) is 0. The second-order valence-corrected chi connectivity index (χ2v) is 4.81. The number of hydrogen-bond acceptors (Lipinski definition) is 2. The minimum atomic E-state index is 0.0334. The topological polar surface area (TPSA) is 45.8 Å². The maximum absolute atomic E-state index is 12.6. The van der Waals surface area contributed by atoms with Crippen molar-refractivity contribution in [2.24, 2.45) is 0 Å². The van der Waals surface area contributed by atoms with Gasteiger partial charge in [-0.15, -0.1) is 0 Å². The number of nitrogens with one attached hydrogen (secondary N) is 1. The number of aromatic amines is 1. The Morgan fingerprint density at radius 3 is 2.63 bits per heavy atom. The molecule has 94 valence electrons. The molecule has 3 nitrogen and oxygen atoms in total. The fourth-order valence-electron chi connectivity index (χ4n) is 2.41. The van der Waals surface area contributed by atoms with Gasteiger partial charge in [0.15, 0.2) is 5.78 Å². The molecule has 1 N–H and O–H groups in total. The Morgan fingerprint density at radius 1 is 1.16 bits per heavy atom. The van der Waals surface area contributed by atoms with E-state index in [-0.39, 0.29) is 5.78 Å². The first-order valence-electron chi connectivity index (χ1n) is 6.20. The number of pyridine rings is 1. The lowest BCUT2D eigenvalue weighted by Crippen LogP contribution is -2.01. The van der Waals surface area contributed by atoms with Gasteiger partial charge >= 0.3 is 0 Å². The number of carbonyl (C=O) groups excluding carboxylic acids is 1. The number of ketones is 1. The molecule has 0 saturated carbocycles. The van der Waals surface area contributed by atoms with Crippen LogP contribution in [0, 0.1) is 13.8 Å². The minimum absolute atomic E-state index is 0.0334. The Morgan fingerprint density at radius 2 is 1.89 bits per heavy atom. The van der Waals surface area contributed by atoms with Gasteiger partial charge in [0.05, 0.1) is 0 Å². The normalized spacial score (nSPS) is 10.8. The first-order chi connectivity index (χ1) is 9.15. The summed E-state index contributed by atoms with van der Waals surface area (Å²) in [5.74, 6) is 0.0334. The number of carbonyl (C=O) groups is 1. The van der Waals surface area contributed by atoms with Crippen LogP contribution in [0.3, 0.4) is 0 Å². The van der Waals surface area contributed by atoms with Gasteiger partial charge in [0, 0.05) is 28.9 Å². The monoisotopic (exact) mass is 250 g/mol. The molecule has 2 heterocycles. The smallest absolute Gasteiger partial charge is 0.195 e. The van der Waals surface area contributed by atoms with Crippen LogP contribution in [0.2, 0.25) is 0 Å². The van der Waals surface area contributed by atoms with Crippen molar-refractivity contribution in [3.05, 3.63) is 65.0 Å². The molecule has 3 rings (SSSR count). The summed E-state index contributed by atoms with van der Waals surface area (Å²) in [6.07, 6.45) is 3.45. The van der Waals surface area contributed by atoms with Crippen molar-refractivity contribution in [2.75, 3.05) is 0 Å². The molecule has 1 aromatic carbocycles. The average Bonchev–Trinajstić information content (AvgIpc) is 2.80. The zero-order valence-electron chi connectivity index (χ0n) is 10.9. The van der Waals surface area contributed by atoms with Gasteiger partial charge < -0.3 is 4.98 Å². The SMILES string of the molecule is Cc1cc(C)cc(C(=O)c2c[nH]c3ncccc23)c1. The number of rotatable bonds is 2. The number of hydrogen-bond donors (Lipinski definition) is 1. The van der Waals surface area contributed by atoms with Crippen LogP contribution in [0.1, 0.15) is 27.0 Å². The maximum atomic E-state index is 12.6. The van der Waals surface area contributed by atoms with Crippen LogP contribution in [0.4, 0.5) is 0 Å². The third-order valence-electron chi connectivity index (χ3n) is 3.18.